The first-order chi connectivity index (χ1) is 15.5. The van der Waals surface area contributed by atoms with Gasteiger partial charge in [0.25, 0.3) is 5.91 Å². The number of amides is 1. The largest absolute Gasteiger partial charge is 0.318 e. The SMILES string of the molecule is Cc1cc(/C=C2\SC(=Nc3ccc(Br)cc3)NC2=O)c(C)n1-c1ccc2ncccc2c1. The number of carbonyl (C=O) groups is 1. The van der Waals surface area contributed by atoms with Gasteiger partial charge >= 0.3 is 0 Å². The smallest absolute Gasteiger partial charge is 0.264 e. The van der Waals surface area contributed by atoms with Crippen LogP contribution in [-0.2, 0) is 4.79 Å². The lowest BCUT2D eigenvalue weighted by atomic mass is 10.2. The van der Waals surface area contributed by atoms with Crippen LogP contribution in [0.3, 0.4) is 0 Å². The number of aryl methyl sites for hydroxylation is 1. The predicted molar refractivity (Wildman–Crippen MR) is 135 cm³/mol. The Morgan fingerprint density at radius 3 is 2.72 bits per heavy atom. The summed E-state index contributed by atoms with van der Waals surface area (Å²) in [5.41, 5.74) is 6.02. The zero-order valence-corrected chi connectivity index (χ0v) is 19.9. The summed E-state index contributed by atoms with van der Waals surface area (Å²) in [5, 5.41) is 4.54. The Labute approximate surface area is 198 Å². The number of fused-ring (bicyclic) bond motifs is 1. The topological polar surface area (TPSA) is 59.3 Å². The highest BCUT2D eigenvalue weighted by molar-refractivity contribution is 9.10. The van der Waals surface area contributed by atoms with Gasteiger partial charge in [0, 0.05) is 33.1 Å². The molecule has 1 saturated heterocycles. The third-order valence-electron chi connectivity index (χ3n) is 5.31. The van der Waals surface area contributed by atoms with E-state index in [2.05, 4.69) is 73.9 Å². The van der Waals surface area contributed by atoms with Crippen molar-refractivity contribution >= 4 is 61.4 Å². The number of hydrogen-bond donors (Lipinski definition) is 1. The Morgan fingerprint density at radius 1 is 1.09 bits per heavy atom. The van der Waals surface area contributed by atoms with Gasteiger partial charge in [-0.25, -0.2) is 4.99 Å². The fourth-order valence-corrected chi connectivity index (χ4v) is 4.88. The van der Waals surface area contributed by atoms with Crippen LogP contribution in [0.1, 0.15) is 17.0 Å². The van der Waals surface area contributed by atoms with Crippen LogP contribution in [0.5, 0.6) is 0 Å². The number of aromatic nitrogens is 2. The fraction of sp³-hybridized carbons (Fsp3) is 0.0800. The van der Waals surface area contributed by atoms with Gasteiger partial charge in [-0.1, -0.05) is 22.0 Å². The number of benzene rings is 2. The molecule has 1 aliphatic rings. The number of hydrogen-bond acceptors (Lipinski definition) is 4. The third-order valence-corrected chi connectivity index (χ3v) is 6.75. The molecule has 158 valence electrons. The molecule has 5 nitrogen and oxygen atoms in total. The predicted octanol–water partition coefficient (Wildman–Crippen LogP) is 6.30. The van der Waals surface area contributed by atoms with E-state index in [0.29, 0.717) is 10.1 Å². The highest BCUT2D eigenvalue weighted by atomic mass is 79.9. The minimum atomic E-state index is -0.132. The molecular weight excluding hydrogens is 484 g/mol. The van der Waals surface area contributed by atoms with E-state index in [1.54, 1.807) is 6.20 Å². The summed E-state index contributed by atoms with van der Waals surface area (Å²) in [6.07, 6.45) is 3.74. The van der Waals surface area contributed by atoms with Crippen LogP contribution in [0.15, 0.2) is 81.2 Å². The lowest BCUT2D eigenvalue weighted by Gasteiger charge is -2.10. The number of rotatable bonds is 3. The van der Waals surface area contributed by atoms with Crippen LogP contribution < -0.4 is 5.32 Å². The Hall–Kier alpha value is -3.16. The second-order valence-electron chi connectivity index (χ2n) is 7.50. The average molecular weight is 503 g/mol. The summed E-state index contributed by atoms with van der Waals surface area (Å²) in [6, 6.07) is 20.0. The van der Waals surface area contributed by atoms with Crippen molar-refractivity contribution in [1.82, 2.24) is 14.9 Å². The molecular formula is C25H19BrN4OS. The molecule has 0 saturated carbocycles. The molecule has 5 rings (SSSR count). The second-order valence-corrected chi connectivity index (χ2v) is 9.45. The van der Waals surface area contributed by atoms with Crippen molar-refractivity contribution in [3.63, 3.8) is 0 Å². The number of thioether (sulfide) groups is 1. The number of carbonyl (C=O) groups excluding carboxylic acids is 1. The molecule has 32 heavy (non-hydrogen) atoms. The van der Waals surface area contributed by atoms with E-state index < -0.39 is 0 Å². The van der Waals surface area contributed by atoms with Crippen LogP contribution in [0.2, 0.25) is 0 Å². The maximum absolute atomic E-state index is 12.6. The molecule has 4 aromatic rings. The molecule has 0 radical (unpaired) electrons. The number of halogens is 1. The Morgan fingerprint density at radius 2 is 1.91 bits per heavy atom. The van der Waals surface area contributed by atoms with Gasteiger partial charge < -0.3 is 9.88 Å². The third kappa shape index (κ3) is 4.01. The van der Waals surface area contributed by atoms with Crippen molar-refractivity contribution in [2.24, 2.45) is 4.99 Å². The minimum absolute atomic E-state index is 0.132. The number of nitrogens with one attached hydrogen (secondary N) is 1. The first-order valence-electron chi connectivity index (χ1n) is 10.1. The average Bonchev–Trinajstić information content (AvgIpc) is 3.27. The molecule has 0 spiro atoms. The van der Waals surface area contributed by atoms with Crippen molar-refractivity contribution in [2.75, 3.05) is 0 Å². The van der Waals surface area contributed by atoms with Crippen LogP contribution in [0.25, 0.3) is 22.7 Å². The van der Waals surface area contributed by atoms with Crippen LogP contribution in [0.4, 0.5) is 5.69 Å². The van der Waals surface area contributed by atoms with Gasteiger partial charge in [0.1, 0.15) is 0 Å². The first kappa shape index (κ1) is 20.7. The van der Waals surface area contributed by atoms with E-state index in [9.17, 15) is 4.79 Å². The van der Waals surface area contributed by atoms with Gasteiger partial charge in [0.15, 0.2) is 5.17 Å². The molecule has 0 bridgehead atoms. The van der Waals surface area contributed by atoms with Gasteiger partial charge in [0.2, 0.25) is 0 Å². The van der Waals surface area contributed by atoms with E-state index in [0.717, 1.165) is 43.7 Å². The molecule has 0 atom stereocenters. The monoisotopic (exact) mass is 502 g/mol. The van der Waals surface area contributed by atoms with Gasteiger partial charge in [-0.05, 0) is 91.8 Å². The number of pyridine rings is 1. The van der Waals surface area contributed by atoms with E-state index in [4.69, 9.17) is 0 Å². The summed E-state index contributed by atoms with van der Waals surface area (Å²) in [4.78, 5) is 22.1. The summed E-state index contributed by atoms with van der Waals surface area (Å²) in [7, 11) is 0. The molecule has 0 unspecified atom stereocenters. The summed E-state index contributed by atoms with van der Waals surface area (Å²) < 4.78 is 3.19. The van der Waals surface area contributed by atoms with Gasteiger partial charge in [-0.3, -0.25) is 9.78 Å². The van der Waals surface area contributed by atoms with Crippen molar-refractivity contribution in [3.8, 4) is 5.69 Å². The van der Waals surface area contributed by atoms with Gasteiger partial charge in [-0.2, -0.15) is 0 Å². The van der Waals surface area contributed by atoms with Crippen molar-refractivity contribution in [3.05, 3.63) is 93.2 Å². The molecule has 3 heterocycles. The van der Waals surface area contributed by atoms with E-state index in [1.807, 2.05) is 42.5 Å². The van der Waals surface area contributed by atoms with Gasteiger partial charge in [-0.15, -0.1) is 0 Å². The van der Waals surface area contributed by atoms with Crippen molar-refractivity contribution < 1.29 is 4.79 Å². The fourth-order valence-electron chi connectivity index (χ4n) is 3.79. The Balaban J connectivity index is 1.46. The van der Waals surface area contributed by atoms with E-state index in [1.165, 1.54) is 11.8 Å². The zero-order valence-electron chi connectivity index (χ0n) is 17.5. The molecule has 1 fully saturated rings. The van der Waals surface area contributed by atoms with E-state index in [-0.39, 0.29) is 5.91 Å². The first-order valence-corrected chi connectivity index (χ1v) is 11.7. The Kier molecular flexibility index (Phi) is 5.45. The molecule has 1 aliphatic heterocycles. The van der Waals surface area contributed by atoms with Gasteiger partial charge in [0.05, 0.1) is 16.1 Å². The lowest BCUT2D eigenvalue weighted by molar-refractivity contribution is -0.115. The lowest BCUT2D eigenvalue weighted by Crippen LogP contribution is -2.19. The summed E-state index contributed by atoms with van der Waals surface area (Å²) in [6.45, 7) is 4.14. The summed E-state index contributed by atoms with van der Waals surface area (Å²) in [5.74, 6) is -0.132. The van der Waals surface area contributed by atoms with E-state index >= 15 is 0 Å². The quantitative estimate of drug-likeness (QED) is 0.334. The van der Waals surface area contributed by atoms with Crippen molar-refractivity contribution in [2.45, 2.75) is 13.8 Å². The van der Waals surface area contributed by atoms with Crippen LogP contribution >= 0.6 is 27.7 Å². The number of nitrogens with zero attached hydrogens (tertiary/aromatic N) is 3. The Bertz CT molecular complexity index is 1420. The molecule has 2 aromatic carbocycles. The molecule has 1 N–H and O–H groups in total. The molecule has 0 aliphatic carbocycles. The highest BCUT2D eigenvalue weighted by Crippen LogP contribution is 2.31. The van der Waals surface area contributed by atoms with Crippen LogP contribution in [0, 0.1) is 13.8 Å². The standard InChI is InChI=1S/C25H19BrN4OS/c1-15-12-18(16(2)30(15)21-9-10-22-17(13-21)4-3-11-27-22)14-23-24(31)29-25(32-23)28-20-7-5-19(26)6-8-20/h3-14H,1-2H3,(H,28,29,31)/b23-14-. The molecule has 7 heteroatoms. The minimum Gasteiger partial charge on any atom is -0.318 e. The van der Waals surface area contributed by atoms with Crippen LogP contribution in [-0.4, -0.2) is 20.6 Å². The number of amidine groups is 1. The zero-order chi connectivity index (χ0) is 22.2. The molecule has 2 aromatic heterocycles. The normalized spacial score (nSPS) is 16.3. The highest BCUT2D eigenvalue weighted by Gasteiger charge is 2.24. The van der Waals surface area contributed by atoms with Crippen molar-refractivity contribution in [1.29, 1.82) is 0 Å². The maximum atomic E-state index is 12.6. The molecule has 1 amide bonds. The second kappa shape index (κ2) is 8.41. The maximum Gasteiger partial charge on any atom is 0.264 e. The number of aliphatic imine (C=N–C) groups is 1. The summed E-state index contributed by atoms with van der Waals surface area (Å²) >= 11 is 4.78.